The maximum atomic E-state index is 12.7. The fourth-order valence-corrected chi connectivity index (χ4v) is 5.51. The third kappa shape index (κ3) is 2.43. The number of benzene rings is 5. The lowest BCUT2D eigenvalue weighted by molar-refractivity contribution is 0.570. The van der Waals surface area contributed by atoms with Gasteiger partial charge in [0.2, 0.25) is 0 Å². The Kier molecular flexibility index (Phi) is 3.51. The maximum Gasteiger partial charge on any atom is 0.344 e. The van der Waals surface area contributed by atoms with Crippen molar-refractivity contribution in [1.82, 2.24) is 4.57 Å². The topological polar surface area (TPSA) is 48.3 Å². The molecule has 8 rings (SSSR count). The first kappa shape index (κ1) is 18.6. The quantitative estimate of drug-likeness (QED) is 0.188. The van der Waals surface area contributed by atoms with Gasteiger partial charge >= 0.3 is 5.63 Å². The summed E-state index contributed by atoms with van der Waals surface area (Å²) in [5, 5.41) is 6.81. The second kappa shape index (κ2) is 6.61. The van der Waals surface area contributed by atoms with Gasteiger partial charge in [-0.2, -0.15) is 0 Å². The van der Waals surface area contributed by atoms with Crippen molar-refractivity contribution in [3.05, 3.63) is 114 Å². The average molecular weight is 451 g/mol. The zero-order valence-electron chi connectivity index (χ0n) is 18.5. The van der Waals surface area contributed by atoms with Crippen molar-refractivity contribution in [1.29, 1.82) is 0 Å². The smallest absolute Gasteiger partial charge is 0.344 e. The molecule has 4 nitrogen and oxygen atoms in total. The van der Waals surface area contributed by atoms with E-state index >= 15 is 0 Å². The molecule has 0 aliphatic heterocycles. The van der Waals surface area contributed by atoms with Crippen LogP contribution in [0.3, 0.4) is 0 Å². The average Bonchev–Trinajstić information content (AvgIpc) is 3.43. The Bertz CT molecular complexity index is 2190. The molecular formula is C31H17NO3. The van der Waals surface area contributed by atoms with Crippen molar-refractivity contribution < 1.29 is 8.83 Å². The van der Waals surface area contributed by atoms with Gasteiger partial charge in [-0.3, -0.25) is 0 Å². The van der Waals surface area contributed by atoms with Gasteiger partial charge in [-0.05, 0) is 35.7 Å². The molecule has 0 saturated carbocycles. The Labute approximate surface area is 198 Å². The number of rotatable bonds is 1. The van der Waals surface area contributed by atoms with Gasteiger partial charge in [-0.25, -0.2) is 4.79 Å². The molecule has 0 aliphatic carbocycles. The standard InChI is InChI=1S/C31H17NO3/c33-31-22-11-2-1-8-18(22)24-16-23-19-9-3-5-13-25(19)32(27(23)17-29(24)35-31)26-14-7-12-21-20-10-4-6-15-28(20)34-30(21)26/h1-17H. The zero-order valence-corrected chi connectivity index (χ0v) is 18.5. The Morgan fingerprint density at radius 1 is 0.486 bits per heavy atom. The molecule has 0 spiro atoms. The van der Waals surface area contributed by atoms with Gasteiger partial charge in [0, 0.05) is 33.0 Å². The second-order valence-corrected chi connectivity index (χ2v) is 8.91. The number of hydrogen-bond donors (Lipinski definition) is 0. The first-order valence-corrected chi connectivity index (χ1v) is 11.6. The van der Waals surface area contributed by atoms with Gasteiger partial charge in [0.05, 0.1) is 22.1 Å². The summed E-state index contributed by atoms with van der Waals surface area (Å²) in [5.74, 6) is 0. The van der Waals surface area contributed by atoms with E-state index in [1.165, 1.54) is 0 Å². The van der Waals surface area contributed by atoms with Crippen LogP contribution in [0.2, 0.25) is 0 Å². The summed E-state index contributed by atoms with van der Waals surface area (Å²) >= 11 is 0. The molecule has 0 amide bonds. The Hall–Kier alpha value is -4.83. The van der Waals surface area contributed by atoms with E-state index in [0.29, 0.717) is 11.0 Å². The van der Waals surface area contributed by atoms with E-state index in [1.807, 2.05) is 54.6 Å². The molecule has 3 heterocycles. The highest BCUT2D eigenvalue weighted by Gasteiger charge is 2.19. The van der Waals surface area contributed by atoms with E-state index in [-0.39, 0.29) is 5.63 Å². The summed E-state index contributed by atoms with van der Waals surface area (Å²) < 4.78 is 14.4. The van der Waals surface area contributed by atoms with Crippen LogP contribution in [0.5, 0.6) is 0 Å². The van der Waals surface area contributed by atoms with E-state index in [1.54, 1.807) is 0 Å². The number of para-hydroxylation sites is 3. The van der Waals surface area contributed by atoms with E-state index in [2.05, 4.69) is 53.1 Å². The van der Waals surface area contributed by atoms with Gasteiger partial charge in [0.1, 0.15) is 11.2 Å². The number of furan rings is 1. The summed E-state index contributed by atoms with van der Waals surface area (Å²) in [6.07, 6.45) is 0. The van der Waals surface area contributed by atoms with Gasteiger partial charge in [0.15, 0.2) is 5.58 Å². The van der Waals surface area contributed by atoms with E-state index in [9.17, 15) is 4.79 Å². The minimum absolute atomic E-state index is 0.325. The van der Waals surface area contributed by atoms with E-state index in [0.717, 1.165) is 60.2 Å². The van der Waals surface area contributed by atoms with Crippen LogP contribution in [0.25, 0.3) is 71.2 Å². The van der Waals surface area contributed by atoms with Gasteiger partial charge in [-0.1, -0.05) is 66.7 Å². The van der Waals surface area contributed by atoms with Crippen LogP contribution in [-0.4, -0.2) is 4.57 Å². The molecule has 0 saturated heterocycles. The third-order valence-electron chi connectivity index (χ3n) is 7.04. The van der Waals surface area contributed by atoms with Crippen LogP contribution in [-0.2, 0) is 0 Å². The van der Waals surface area contributed by atoms with Crippen LogP contribution in [0.1, 0.15) is 0 Å². The maximum absolute atomic E-state index is 12.7. The van der Waals surface area contributed by atoms with Crippen LogP contribution in [0.15, 0.2) is 117 Å². The fourth-order valence-electron chi connectivity index (χ4n) is 5.51. The monoisotopic (exact) mass is 451 g/mol. The van der Waals surface area contributed by atoms with Crippen molar-refractivity contribution in [3.63, 3.8) is 0 Å². The Morgan fingerprint density at radius 2 is 1.20 bits per heavy atom. The molecule has 0 aliphatic rings. The summed E-state index contributed by atoms with van der Waals surface area (Å²) in [6.45, 7) is 0. The molecule has 3 aromatic heterocycles. The van der Waals surface area contributed by atoms with Gasteiger partial charge < -0.3 is 13.4 Å². The number of fused-ring (bicyclic) bond motifs is 9. The highest BCUT2D eigenvalue weighted by Crippen LogP contribution is 2.39. The lowest BCUT2D eigenvalue weighted by Crippen LogP contribution is -2.00. The minimum atomic E-state index is -0.325. The zero-order chi connectivity index (χ0) is 23.1. The van der Waals surface area contributed by atoms with Gasteiger partial charge in [0.25, 0.3) is 0 Å². The number of aromatic nitrogens is 1. The molecule has 8 aromatic rings. The molecule has 5 aromatic carbocycles. The fraction of sp³-hybridized carbons (Fsp3) is 0. The summed E-state index contributed by atoms with van der Waals surface area (Å²) in [7, 11) is 0. The van der Waals surface area contributed by atoms with Crippen molar-refractivity contribution in [2.45, 2.75) is 0 Å². The Balaban J connectivity index is 1.58. The molecule has 0 fully saturated rings. The Morgan fingerprint density at radius 3 is 2.09 bits per heavy atom. The molecule has 0 atom stereocenters. The molecule has 4 heteroatoms. The first-order chi connectivity index (χ1) is 17.3. The first-order valence-electron chi connectivity index (χ1n) is 11.6. The van der Waals surface area contributed by atoms with Crippen LogP contribution < -0.4 is 5.63 Å². The molecule has 164 valence electrons. The lowest BCUT2D eigenvalue weighted by atomic mass is 10.0. The highest BCUT2D eigenvalue weighted by atomic mass is 16.4. The molecule has 0 unspecified atom stereocenters. The minimum Gasteiger partial charge on any atom is -0.454 e. The molecule has 0 bridgehead atoms. The third-order valence-corrected chi connectivity index (χ3v) is 7.04. The van der Waals surface area contributed by atoms with Crippen molar-refractivity contribution in [2.24, 2.45) is 0 Å². The predicted octanol–water partition coefficient (Wildman–Crippen LogP) is 7.94. The molecule has 0 radical (unpaired) electrons. The van der Waals surface area contributed by atoms with Crippen LogP contribution in [0, 0.1) is 0 Å². The van der Waals surface area contributed by atoms with Crippen LogP contribution in [0.4, 0.5) is 0 Å². The predicted molar refractivity (Wildman–Crippen MR) is 142 cm³/mol. The molecular weight excluding hydrogens is 434 g/mol. The summed E-state index contributed by atoms with van der Waals surface area (Å²) in [6, 6.07) is 34.5. The highest BCUT2D eigenvalue weighted by molar-refractivity contribution is 6.18. The number of nitrogens with zero attached hydrogens (tertiary/aromatic N) is 1. The lowest BCUT2D eigenvalue weighted by Gasteiger charge is -2.09. The second-order valence-electron chi connectivity index (χ2n) is 8.91. The largest absolute Gasteiger partial charge is 0.454 e. The summed E-state index contributed by atoms with van der Waals surface area (Å²) in [5.41, 5.74) is 4.92. The molecule has 0 N–H and O–H groups in total. The van der Waals surface area contributed by atoms with Crippen molar-refractivity contribution in [2.75, 3.05) is 0 Å². The number of hydrogen-bond acceptors (Lipinski definition) is 3. The molecule has 35 heavy (non-hydrogen) atoms. The summed E-state index contributed by atoms with van der Waals surface area (Å²) in [4.78, 5) is 12.7. The SMILES string of the molecule is O=c1oc2cc3c(cc2c2ccccc12)c1ccccc1n3-c1cccc2c1oc1ccccc12. The van der Waals surface area contributed by atoms with E-state index < -0.39 is 0 Å². The van der Waals surface area contributed by atoms with Crippen LogP contribution >= 0.6 is 0 Å². The van der Waals surface area contributed by atoms with Gasteiger partial charge in [-0.15, -0.1) is 0 Å². The van der Waals surface area contributed by atoms with Crippen molar-refractivity contribution >= 4 is 65.5 Å². The normalized spacial score (nSPS) is 12.1. The van der Waals surface area contributed by atoms with E-state index in [4.69, 9.17) is 8.83 Å². The van der Waals surface area contributed by atoms with Crippen molar-refractivity contribution in [3.8, 4) is 5.69 Å².